The summed E-state index contributed by atoms with van der Waals surface area (Å²) in [6.07, 6.45) is 3.25. The first-order valence-corrected chi connectivity index (χ1v) is 8.16. The lowest BCUT2D eigenvalue weighted by atomic mass is 10.2. The van der Waals surface area contributed by atoms with Crippen LogP contribution in [0.5, 0.6) is 11.5 Å². The highest BCUT2D eigenvalue weighted by atomic mass is 16.5. The van der Waals surface area contributed by atoms with Crippen LogP contribution in [0.3, 0.4) is 0 Å². The molecule has 2 aromatic heterocycles. The Bertz CT molecular complexity index is 861. The van der Waals surface area contributed by atoms with Crippen LogP contribution in [0.4, 0.5) is 5.82 Å². The monoisotopic (exact) mass is 325 g/mol. The first-order chi connectivity index (χ1) is 11.8. The quantitative estimate of drug-likeness (QED) is 0.794. The number of anilines is 1. The normalized spacial score (nSPS) is 13.7. The first kappa shape index (κ1) is 14.7. The number of hydrogen-bond donors (Lipinski definition) is 1. The van der Waals surface area contributed by atoms with Crippen molar-refractivity contribution in [2.75, 3.05) is 18.5 Å². The Morgan fingerprint density at radius 3 is 3.08 bits per heavy atom. The lowest BCUT2D eigenvalue weighted by molar-refractivity contribution is 0.296. The Labute approximate surface area is 139 Å². The van der Waals surface area contributed by atoms with Crippen LogP contribution in [0.15, 0.2) is 30.6 Å². The highest BCUT2D eigenvalue weighted by Crippen LogP contribution is 2.33. The Balaban J connectivity index is 1.63. The Morgan fingerprint density at radius 2 is 2.17 bits per heavy atom. The molecule has 0 saturated heterocycles. The largest absolute Gasteiger partial charge is 0.490 e. The lowest BCUT2D eigenvalue weighted by Crippen LogP contribution is -2.09. The zero-order valence-electron chi connectivity index (χ0n) is 13.5. The van der Waals surface area contributed by atoms with E-state index in [9.17, 15) is 0 Å². The van der Waals surface area contributed by atoms with Gasteiger partial charge in [0.1, 0.15) is 12.1 Å². The van der Waals surface area contributed by atoms with E-state index in [0.29, 0.717) is 25.5 Å². The third-order valence-corrected chi connectivity index (χ3v) is 3.98. The van der Waals surface area contributed by atoms with Crippen molar-refractivity contribution in [2.45, 2.75) is 26.3 Å². The van der Waals surface area contributed by atoms with Gasteiger partial charge in [-0.05, 0) is 12.5 Å². The lowest BCUT2D eigenvalue weighted by Gasteiger charge is -2.14. The Hall–Kier alpha value is -2.83. The van der Waals surface area contributed by atoms with Crippen molar-refractivity contribution in [3.8, 4) is 11.5 Å². The molecule has 3 aromatic rings. The molecule has 7 nitrogen and oxygen atoms in total. The molecule has 1 aliphatic rings. The van der Waals surface area contributed by atoms with Gasteiger partial charge < -0.3 is 14.8 Å². The molecule has 24 heavy (non-hydrogen) atoms. The van der Waals surface area contributed by atoms with Crippen LogP contribution in [-0.4, -0.2) is 32.8 Å². The van der Waals surface area contributed by atoms with Crippen molar-refractivity contribution in [2.24, 2.45) is 0 Å². The molecule has 7 heteroatoms. The summed E-state index contributed by atoms with van der Waals surface area (Å²) in [6.45, 7) is 4.04. The molecule has 0 bridgehead atoms. The van der Waals surface area contributed by atoms with Crippen molar-refractivity contribution in [3.63, 3.8) is 0 Å². The zero-order valence-corrected chi connectivity index (χ0v) is 13.5. The van der Waals surface area contributed by atoms with Crippen molar-refractivity contribution in [1.29, 1.82) is 0 Å². The van der Waals surface area contributed by atoms with E-state index in [1.54, 1.807) is 4.52 Å². The molecule has 0 fully saturated rings. The highest BCUT2D eigenvalue weighted by Gasteiger charge is 2.15. The van der Waals surface area contributed by atoms with Gasteiger partial charge in [0.2, 0.25) is 0 Å². The maximum atomic E-state index is 5.87. The second kappa shape index (κ2) is 6.35. The van der Waals surface area contributed by atoms with Crippen molar-refractivity contribution >= 4 is 11.6 Å². The standard InChI is InChI=1S/C17H19N5O2/c1-2-13-9-15(22-17(21-13)19-11-20-22)18-10-12-5-3-6-14-16(12)24-8-4-7-23-14/h3,5-6,9,11,18H,2,4,7-8,10H2,1H3. The third-order valence-electron chi connectivity index (χ3n) is 3.98. The summed E-state index contributed by atoms with van der Waals surface area (Å²) < 4.78 is 13.3. The molecule has 1 aliphatic heterocycles. The summed E-state index contributed by atoms with van der Waals surface area (Å²) in [7, 11) is 0. The number of rotatable bonds is 4. The summed E-state index contributed by atoms with van der Waals surface area (Å²) in [5.74, 6) is 3.09. The van der Waals surface area contributed by atoms with E-state index >= 15 is 0 Å². The fourth-order valence-corrected chi connectivity index (χ4v) is 2.75. The molecule has 4 rings (SSSR count). The summed E-state index contributed by atoms with van der Waals surface area (Å²) in [5, 5.41) is 7.65. The van der Waals surface area contributed by atoms with Gasteiger partial charge in [0.25, 0.3) is 5.78 Å². The van der Waals surface area contributed by atoms with Gasteiger partial charge in [-0.3, -0.25) is 0 Å². The van der Waals surface area contributed by atoms with Crippen LogP contribution < -0.4 is 14.8 Å². The van der Waals surface area contributed by atoms with E-state index in [1.165, 1.54) is 6.33 Å². The molecule has 0 spiro atoms. The average Bonchev–Trinajstić information content (AvgIpc) is 2.95. The molecule has 1 aromatic carbocycles. The van der Waals surface area contributed by atoms with Gasteiger partial charge in [0, 0.05) is 30.3 Å². The molecule has 0 unspecified atom stereocenters. The molecule has 3 heterocycles. The van der Waals surface area contributed by atoms with E-state index < -0.39 is 0 Å². The number of fused-ring (bicyclic) bond motifs is 2. The number of benzene rings is 1. The minimum atomic E-state index is 0.600. The molecule has 0 radical (unpaired) electrons. The summed E-state index contributed by atoms with van der Waals surface area (Å²) in [6, 6.07) is 7.97. The molecule has 1 N–H and O–H groups in total. The Kier molecular flexibility index (Phi) is 3.90. The third kappa shape index (κ3) is 2.73. The van der Waals surface area contributed by atoms with E-state index in [4.69, 9.17) is 9.47 Å². The van der Waals surface area contributed by atoms with Crippen molar-refractivity contribution in [3.05, 3.63) is 41.9 Å². The van der Waals surface area contributed by atoms with Gasteiger partial charge in [-0.25, -0.2) is 4.98 Å². The SMILES string of the molecule is CCc1cc(NCc2cccc3c2OCCCO3)n2ncnc2n1. The van der Waals surface area contributed by atoms with Crippen LogP contribution >= 0.6 is 0 Å². The van der Waals surface area contributed by atoms with Gasteiger partial charge in [-0.2, -0.15) is 14.6 Å². The Morgan fingerprint density at radius 1 is 1.25 bits per heavy atom. The summed E-state index contributed by atoms with van der Waals surface area (Å²) in [4.78, 5) is 8.64. The summed E-state index contributed by atoms with van der Waals surface area (Å²) >= 11 is 0. The molecule has 124 valence electrons. The van der Waals surface area contributed by atoms with Crippen molar-refractivity contribution in [1.82, 2.24) is 19.6 Å². The number of ether oxygens (including phenoxy) is 2. The summed E-state index contributed by atoms with van der Waals surface area (Å²) in [5.41, 5.74) is 2.03. The van der Waals surface area contributed by atoms with Crippen LogP contribution in [0.25, 0.3) is 5.78 Å². The number of aryl methyl sites for hydroxylation is 1. The predicted octanol–water partition coefficient (Wildman–Crippen LogP) is 2.46. The van der Waals surface area contributed by atoms with Gasteiger partial charge in [0.05, 0.1) is 13.2 Å². The van der Waals surface area contributed by atoms with Gasteiger partial charge in [0.15, 0.2) is 11.5 Å². The zero-order chi connectivity index (χ0) is 16.4. The topological polar surface area (TPSA) is 73.6 Å². The smallest absolute Gasteiger partial charge is 0.254 e. The maximum absolute atomic E-state index is 5.87. The minimum absolute atomic E-state index is 0.600. The average molecular weight is 325 g/mol. The van der Waals surface area contributed by atoms with Crippen molar-refractivity contribution < 1.29 is 9.47 Å². The fraction of sp³-hybridized carbons (Fsp3) is 0.353. The number of nitrogens with zero attached hydrogens (tertiary/aromatic N) is 4. The molecule has 0 saturated carbocycles. The second-order valence-electron chi connectivity index (χ2n) is 5.61. The molecular formula is C17H19N5O2. The molecule has 0 amide bonds. The first-order valence-electron chi connectivity index (χ1n) is 8.16. The second-order valence-corrected chi connectivity index (χ2v) is 5.61. The van der Waals surface area contributed by atoms with Gasteiger partial charge in [-0.1, -0.05) is 19.1 Å². The van der Waals surface area contributed by atoms with Crippen LogP contribution in [0.1, 0.15) is 24.6 Å². The van der Waals surface area contributed by atoms with Crippen LogP contribution in [-0.2, 0) is 13.0 Å². The van der Waals surface area contributed by atoms with E-state index in [-0.39, 0.29) is 0 Å². The van der Waals surface area contributed by atoms with E-state index in [0.717, 1.165) is 41.4 Å². The number of aromatic nitrogens is 4. The van der Waals surface area contributed by atoms with E-state index in [1.807, 2.05) is 24.3 Å². The molecule has 0 atom stereocenters. The molecule has 0 aliphatic carbocycles. The molecular weight excluding hydrogens is 306 g/mol. The maximum Gasteiger partial charge on any atom is 0.254 e. The number of hydrogen-bond acceptors (Lipinski definition) is 6. The predicted molar refractivity (Wildman–Crippen MR) is 89.5 cm³/mol. The fourth-order valence-electron chi connectivity index (χ4n) is 2.75. The van der Waals surface area contributed by atoms with Crippen LogP contribution in [0, 0.1) is 0 Å². The van der Waals surface area contributed by atoms with Gasteiger partial charge in [-0.15, -0.1) is 0 Å². The van der Waals surface area contributed by atoms with E-state index in [2.05, 4.69) is 27.3 Å². The van der Waals surface area contributed by atoms with Crippen LogP contribution in [0.2, 0.25) is 0 Å². The highest BCUT2D eigenvalue weighted by molar-refractivity contribution is 5.50. The number of para-hydroxylation sites is 1. The van der Waals surface area contributed by atoms with Gasteiger partial charge >= 0.3 is 0 Å². The number of nitrogens with one attached hydrogen (secondary N) is 1. The minimum Gasteiger partial charge on any atom is -0.490 e.